The average molecular weight is 290 g/mol. The molecule has 0 saturated carbocycles. The Balaban J connectivity index is 1.69. The van der Waals surface area contributed by atoms with Gasteiger partial charge in [0.05, 0.1) is 12.5 Å². The minimum Gasteiger partial charge on any atom is -0.462 e. The molecule has 0 amide bonds. The molecular weight excluding hydrogens is 268 g/mol. The number of aliphatic hydroxyl groups is 1. The largest absolute Gasteiger partial charge is 0.462 e. The molecular formula is C16H22N2O3. The van der Waals surface area contributed by atoms with E-state index in [-0.39, 0.29) is 24.3 Å². The summed E-state index contributed by atoms with van der Waals surface area (Å²) < 4.78 is 5.21. The molecule has 0 aromatic heterocycles. The molecule has 1 heterocycles. The van der Waals surface area contributed by atoms with Crippen LogP contribution in [0.25, 0.3) is 0 Å². The Morgan fingerprint density at radius 1 is 1.33 bits per heavy atom. The maximum atomic E-state index is 11.2. The number of rotatable bonds is 6. The van der Waals surface area contributed by atoms with Gasteiger partial charge in [0.2, 0.25) is 0 Å². The number of nitrogens with one attached hydrogen (secondary N) is 1. The molecule has 1 fully saturated rings. The fourth-order valence-electron chi connectivity index (χ4n) is 2.59. The SMILES string of the molecule is N=C(N)c1ccc(CCCC[C@@H]2C[C@H](O)CC(=O)O2)cc1. The van der Waals surface area contributed by atoms with Gasteiger partial charge in [-0.1, -0.05) is 24.3 Å². The molecule has 0 aliphatic carbocycles. The molecule has 1 saturated heterocycles. The molecule has 1 aliphatic rings. The van der Waals surface area contributed by atoms with E-state index in [0.29, 0.717) is 6.42 Å². The zero-order valence-electron chi connectivity index (χ0n) is 12.0. The highest BCUT2D eigenvalue weighted by Crippen LogP contribution is 2.20. The van der Waals surface area contributed by atoms with Gasteiger partial charge in [-0.15, -0.1) is 0 Å². The Hall–Kier alpha value is -1.88. The normalized spacial score (nSPS) is 21.9. The molecule has 2 rings (SSSR count). The molecule has 4 N–H and O–H groups in total. The average Bonchev–Trinajstić information content (AvgIpc) is 2.43. The molecule has 0 bridgehead atoms. The first-order chi connectivity index (χ1) is 10.0. The number of carbonyl (C=O) groups is 1. The number of amidine groups is 1. The van der Waals surface area contributed by atoms with E-state index in [2.05, 4.69) is 0 Å². The summed E-state index contributed by atoms with van der Waals surface area (Å²) >= 11 is 0. The Bertz CT molecular complexity index is 499. The number of carbonyl (C=O) groups excluding carboxylic acids is 1. The summed E-state index contributed by atoms with van der Waals surface area (Å²) in [4.78, 5) is 11.2. The number of nitrogen functional groups attached to an aromatic ring is 1. The lowest BCUT2D eigenvalue weighted by Gasteiger charge is -2.25. The summed E-state index contributed by atoms with van der Waals surface area (Å²) in [6.45, 7) is 0. The maximum absolute atomic E-state index is 11.2. The number of benzene rings is 1. The third-order valence-electron chi connectivity index (χ3n) is 3.74. The van der Waals surface area contributed by atoms with Crippen LogP contribution in [0.15, 0.2) is 24.3 Å². The quantitative estimate of drug-likeness (QED) is 0.322. The van der Waals surface area contributed by atoms with Crippen LogP contribution < -0.4 is 5.73 Å². The van der Waals surface area contributed by atoms with Gasteiger partial charge in [0.1, 0.15) is 11.9 Å². The van der Waals surface area contributed by atoms with Crippen molar-refractivity contribution in [2.75, 3.05) is 0 Å². The summed E-state index contributed by atoms with van der Waals surface area (Å²) in [7, 11) is 0. The molecule has 0 unspecified atom stereocenters. The van der Waals surface area contributed by atoms with E-state index in [4.69, 9.17) is 15.9 Å². The summed E-state index contributed by atoms with van der Waals surface area (Å²) in [6, 6.07) is 7.69. The predicted molar refractivity (Wildman–Crippen MR) is 80.1 cm³/mol. The van der Waals surface area contributed by atoms with Crippen molar-refractivity contribution in [3.05, 3.63) is 35.4 Å². The maximum Gasteiger partial charge on any atom is 0.308 e. The third-order valence-corrected chi connectivity index (χ3v) is 3.74. The summed E-state index contributed by atoms with van der Waals surface area (Å²) in [5, 5.41) is 16.9. The molecule has 5 heteroatoms. The van der Waals surface area contributed by atoms with Crippen molar-refractivity contribution in [2.24, 2.45) is 5.73 Å². The lowest BCUT2D eigenvalue weighted by Crippen LogP contribution is -2.32. The highest BCUT2D eigenvalue weighted by atomic mass is 16.5. The van der Waals surface area contributed by atoms with Crippen LogP contribution in [-0.4, -0.2) is 29.1 Å². The number of esters is 1. The van der Waals surface area contributed by atoms with E-state index < -0.39 is 6.10 Å². The van der Waals surface area contributed by atoms with Crippen molar-refractivity contribution in [1.82, 2.24) is 0 Å². The first-order valence-electron chi connectivity index (χ1n) is 7.35. The number of aliphatic hydroxyl groups excluding tert-OH is 1. The number of nitrogens with two attached hydrogens (primary N) is 1. The van der Waals surface area contributed by atoms with Gasteiger partial charge in [0, 0.05) is 12.0 Å². The molecule has 21 heavy (non-hydrogen) atoms. The van der Waals surface area contributed by atoms with E-state index in [1.165, 1.54) is 5.56 Å². The standard InChI is InChI=1S/C16H22N2O3/c17-16(18)12-7-5-11(6-8-12)3-1-2-4-14-9-13(19)10-15(20)21-14/h5-8,13-14,19H,1-4,9-10H2,(H3,17,18)/t13-,14+/m0/s1. The lowest BCUT2D eigenvalue weighted by molar-refractivity contribution is -0.160. The Labute approximate surface area is 124 Å². The van der Waals surface area contributed by atoms with Crippen LogP contribution >= 0.6 is 0 Å². The number of aryl methyl sites for hydroxylation is 1. The van der Waals surface area contributed by atoms with E-state index in [1.54, 1.807) is 0 Å². The van der Waals surface area contributed by atoms with Crippen LogP contribution in [0, 0.1) is 5.41 Å². The second-order valence-corrected chi connectivity index (χ2v) is 5.56. The molecule has 1 aromatic rings. The van der Waals surface area contributed by atoms with Gasteiger partial charge in [0.15, 0.2) is 0 Å². The molecule has 0 spiro atoms. The fraction of sp³-hybridized carbons (Fsp3) is 0.500. The Morgan fingerprint density at radius 3 is 2.67 bits per heavy atom. The van der Waals surface area contributed by atoms with Crippen LogP contribution in [0.5, 0.6) is 0 Å². The molecule has 114 valence electrons. The smallest absolute Gasteiger partial charge is 0.308 e. The van der Waals surface area contributed by atoms with Crippen LogP contribution in [-0.2, 0) is 16.0 Å². The highest BCUT2D eigenvalue weighted by Gasteiger charge is 2.26. The van der Waals surface area contributed by atoms with Gasteiger partial charge < -0.3 is 15.6 Å². The second-order valence-electron chi connectivity index (χ2n) is 5.56. The Kier molecular flexibility index (Phi) is 5.33. The minimum absolute atomic E-state index is 0.0826. The van der Waals surface area contributed by atoms with Gasteiger partial charge in [-0.25, -0.2) is 0 Å². The lowest BCUT2D eigenvalue weighted by atomic mass is 9.99. The van der Waals surface area contributed by atoms with E-state index in [0.717, 1.165) is 31.2 Å². The third kappa shape index (κ3) is 4.86. The topological polar surface area (TPSA) is 96.4 Å². The van der Waals surface area contributed by atoms with Crippen molar-refractivity contribution in [3.8, 4) is 0 Å². The van der Waals surface area contributed by atoms with E-state index >= 15 is 0 Å². The number of hydrogen-bond acceptors (Lipinski definition) is 4. The molecule has 1 aliphatic heterocycles. The number of unbranched alkanes of at least 4 members (excludes halogenated alkanes) is 1. The van der Waals surface area contributed by atoms with Crippen LogP contribution in [0.1, 0.15) is 43.2 Å². The van der Waals surface area contributed by atoms with Gasteiger partial charge >= 0.3 is 5.97 Å². The van der Waals surface area contributed by atoms with Crippen molar-refractivity contribution in [3.63, 3.8) is 0 Å². The van der Waals surface area contributed by atoms with Gasteiger partial charge in [-0.05, 0) is 31.2 Å². The van der Waals surface area contributed by atoms with Gasteiger partial charge in [0.25, 0.3) is 0 Å². The first kappa shape index (κ1) is 15.5. The summed E-state index contributed by atoms with van der Waals surface area (Å²) in [6.07, 6.45) is 3.70. The molecule has 0 radical (unpaired) electrons. The van der Waals surface area contributed by atoms with E-state index in [9.17, 15) is 9.90 Å². The highest BCUT2D eigenvalue weighted by molar-refractivity contribution is 5.94. The monoisotopic (exact) mass is 290 g/mol. The second kappa shape index (κ2) is 7.22. The van der Waals surface area contributed by atoms with Crippen molar-refractivity contribution < 1.29 is 14.6 Å². The molecule has 2 atom stereocenters. The van der Waals surface area contributed by atoms with E-state index in [1.807, 2.05) is 24.3 Å². The molecule has 5 nitrogen and oxygen atoms in total. The molecule has 1 aromatic carbocycles. The van der Waals surface area contributed by atoms with Gasteiger partial charge in [-0.2, -0.15) is 0 Å². The Morgan fingerprint density at radius 2 is 2.05 bits per heavy atom. The first-order valence-corrected chi connectivity index (χ1v) is 7.35. The van der Waals surface area contributed by atoms with Crippen LogP contribution in [0.2, 0.25) is 0 Å². The summed E-state index contributed by atoms with van der Waals surface area (Å²) in [5.41, 5.74) is 7.36. The number of hydrogen-bond donors (Lipinski definition) is 3. The zero-order valence-corrected chi connectivity index (χ0v) is 12.0. The van der Waals surface area contributed by atoms with Crippen molar-refractivity contribution in [1.29, 1.82) is 5.41 Å². The number of ether oxygens (including phenoxy) is 1. The predicted octanol–water partition coefficient (Wildman–Crippen LogP) is 1.75. The minimum atomic E-state index is -0.546. The van der Waals surface area contributed by atoms with Gasteiger partial charge in [-0.3, -0.25) is 10.2 Å². The fourth-order valence-corrected chi connectivity index (χ4v) is 2.59. The summed E-state index contributed by atoms with van der Waals surface area (Å²) in [5.74, 6) is -0.210. The number of cyclic esters (lactones) is 1. The van der Waals surface area contributed by atoms with Crippen LogP contribution in [0.4, 0.5) is 0 Å². The van der Waals surface area contributed by atoms with Crippen molar-refractivity contribution >= 4 is 11.8 Å². The van der Waals surface area contributed by atoms with Crippen molar-refractivity contribution in [2.45, 2.75) is 50.7 Å². The zero-order chi connectivity index (χ0) is 15.2. The van der Waals surface area contributed by atoms with Crippen LogP contribution in [0.3, 0.4) is 0 Å².